The first-order chi connectivity index (χ1) is 16.0. The maximum Gasteiger partial charge on any atom is 0.190 e. The number of likely N-dealkylation sites (tertiary alicyclic amines) is 1. The van der Waals surface area contributed by atoms with E-state index < -0.39 is 0 Å². The normalized spacial score (nSPS) is 16.4. The molecule has 2 aromatic heterocycles. The molecule has 0 spiro atoms. The molecular weight excluding hydrogens is 418 g/mol. The summed E-state index contributed by atoms with van der Waals surface area (Å²) in [6, 6.07) is 11.7. The third-order valence-corrected chi connectivity index (χ3v) is 6.45. The first-order valence-electron chi connectivity index (χ1n) is 11.1. The van der Waals surface area contributed by atoms with Gasteiger partial charge in [-0.3, -0.25) is 4.79 Å². The van der Waals surface area contributed by atoms with E-state index in [9.17, 15) is 4.79 Å². The van der Waals surface area contributed by atoms with E-state index in [-0.39, 0.29) is 5.43 Å². The van der Waals surface area contributed by atoms with Crippen LogP contribution < -0.4 is 14.9 Å². The molecule has 170 valence electrons. The van der Waals surface area contributed by atoms with E-state index in [4.69, 9.17) is 13.9 Å². The van der Waals surface area contributed by atoms with Crippen molar-refractivity contribution >= 4 is 10.9 Å². The largest absolute Gasteiger partial charge is 0.496 e. The second-order valence-corrected chi connectivity index (χ2v) is 8.58. The van der Waals surface area contributed by atoms with Gasteiger partial charge in [0.05, 0.1) is 24.4 Å². The van der Waals surface area contributed by atoms with Crippen LogP contribution in [0.1, 0.15) is 18.4 Å². The molecule has 5 rings (SSSR count). The molecule has 0 aliphatic carbocycles. The van der Waals surface area contributed by atoms with Crippen molar-refractivity contribution in [3.63, 3.8) is 0 Å². The van der Waals surface area contributed by atoms with Gasteiger partial charge in [-0.1, -0.05) is 12.1 Å². The number of nitrogens with one attached hydrogen (secondary N) is 1. The Balaban J connectivity index is 1.51. The lowest BCUT2D eigenvalue weighted by atomic mass is 10.0. The first-order valence-corrected chi connectivity index (χ1v) is 11.1. The number of H-pyrrole nitrogens is 1. The van der Waals surface area contributed by atoms with Gasteiger partial charge in [-0.25, -0.2) is 4.98 Å². The van der Waals surface area contributed by atoms with Crippen molar-refractivity contribution in [1.82, 2.24) is 14.9 Å². The molecule has 4 aromatic rings. The molecule has 1 aliphatic heterocycles. The first kappa shape index (κ1) is 21.3. The number of pyridine rings is 1. The Morgan fingerprint density at radius 1 is 1.21 bits per heavy atom. The van der Waals surface area contributed by atoms with Crippen molar-refractivity contribution in [1.29, 1.82) is 0 Å². The van der Waals surface area contributed by atoms with E-state index >= 15 is 0 Å². The van der Waals surface area contributed by atoms with Crippen molar-refractivity contribution < 1.29 is 13.9 Å². The molecule has 33 heavy (non-hydrogen) atoms. The van der Waals surface area contributed by atoms with Crippen molar-refractivity contribution in [3.05, 3.63) is 64.8 Å². The fourth-order valence-corrected chi connectivity index (χ4v) is 4.44. The summed E-state index contributed by atoms with van der Waals surface area (Å²) >= 11 is 0. The Bertz CT molecular complexity index is 1340. The van der Waals surface area contributed by atoms with E-state index in [1.165, 1.54) is 12.8 Å². The highest BCUT2D eigenvalue weighted by Crippen LogP contribution is 2.34. The summed E-state index contributed by atoms with van der Waals surface area (Å²) in [6.45, 7) is 3.82. The molecule has 1 unspecified atom stereocenters. The summed E-state index contributed by atoms with van der Waals surface area (Å²) in [5.74, 6) is 1.98. The number of nitrogens with zero attached hydrogens (tertiary/aromatic N) is 2. The number of benzene rings is 2. The third-order valence-electron chi connectivity index (χ3n) is 6.45. The molecule has 1 fully saturated rings. The number of methoxy groups -OCH3 is 1. The van der Waals surface area contributed by atoms with Gasteiger partial charge in [-0.15, -0.1) is 0 Å². The van der Waals surface area contributed by atoms with Crippen LogP contribution >= 0.6 is 0 Å². The van der Waals surface area contributed by atoms with E-state index in [1.54, 1.807) is 25.4 Å². The fourth-order valence-electron chi connectivity index (χ4n) is 4.44. The Morgan fingerprint density at radius 3 is 2.82 bits per heavy atom. The van der Waals surface area contributed by atoms with Gasteiger partial charge in [0, 0.05) is 34.8 Å². The molecule has 0 bridgehead atoms. The van der Waals surface area contributed by atoms with E-state index in [1.807, 2.05) is 31.2 Å². The van der Waals surface area contributed by atoms with Gasteiger partial charge < -0.3 is 23.8 Å². The Labute approximate surface area is 192 Å². The second kappa shape index (κ2) is 8.75. The average Bonchev–Trinajstić information content (AvgIpc) is 3.49. The smallest absolute Gasteiger partial charge is 0.190 e. The van der Waals surface area contributed by atoms with Crippen LogP contribution in [0.3, 0.4) is 0 Å². The third kappa shape index (κ3) is 4.12. The van der Waals surface area contributed by atoms with Gasteiger partial charge in [-0.05, 0) is 51.1 Å². The molecule has 0 amide bonds. The van der Waals surface area contributed by atoms with E-state index in [2.05, 4.69) is 21.9 Å². The molecule has 0 radical (unpaired) electrons. The molecule has 7 heteroatoms. The van der Waals surface area contributed by atoms with Gasteiger partial charge in [0.2, 0.25) is 0 Å². The lowest BCUT2D eigenvalue weighted by molar-refractivity contribution is 0.197. The topological polar surface area (TPSA) is 80.6 Å². The van der Waals surface area contributed by atoms with E-state index in [0.717, 1.165) is 35.5 Å². The van der Waals surface area contributed by atoms with Crippen molar-refractivity contribution in [2.75, 3.05) is 27.3 Å². The minimum absolute atomic E-state index is 0.0854. The molecule has 3 heterocycles. The van der Waals surface area contributed by atoms with Crippen LogP contribution in [0.15, 0.2) is 58.2 Å². The Morgan fingerprint density at radius 2 is 2.09 bits per heavy atom. The summed E-state index contributed by atoms with van der Waals surface area (Å²) in [6.07, 6.45) is 5.33. The molecule has 0 saturated carbocycles. The van der Waals surface area contributed by atoms with Crippen molar-refractivity contribution in [3.8, 4) is 34.1 Å². The van der Waals surface area contributed by atoms with Crippen LogP contribution in [-0.4, -0.2) is 48.2 Å². The van der Waals surface area contributed by atoms with Gasteiger partial charge in [-0.2, -0.15) is 0 Å². The minimum atomic E-state index is -0.0854. The molecule has 2 aromatic carbocycles. The molecule has 1 atom stereocenters. The fraction of sp³-hybridized carbons (Fsp3) is 0.308. The SMILES string of the molecule is COc1cc2[nH]c(-c3ccc(C)c(OCC4CCCN4C)c3)cc(=O)c2cc1-c1cnco1. The van der Waals surface area contributed by atoms with Gasteiger partial charge in [0.1, 0.15) is 18.1 Å². The van der Waals surface area contributed by atoms with Crippen molar-refractivity contribution in [2.24, 2.45) is 0 Å². The number of ether oxygens (including phenoxy) is 2. The Kier molecular flexibility index (Phi) is 5.64. The maximum atomic E-state index is 13.0. The van der Waals surface area contributed by atoms with Crippen LogP contribution in [0.2, 0.25) is 0 Å². The monoisotopic (exact) mass is 445 g/mol. The molecule has 1 N–H and O–H groups in total. The Hall–Kier alpha value is -3.58. The summed E-state index contributed by atoms with van der Waals surface area (Å²) < 4.78 is 17.2. The number of hydrogen-bond acceptors (Lipinski definition) is 6. The molecular formula is C26H27N3O4. The number of rotatable bonds is 6. The van der Waals surface area contributed by atoms with Crippen LogP contribution in [0.4, 0.5) is 0 Å². The number of hydrogen-bond donors (Lipinski definition) is 1. The highest BCUT2D eigenvalue weighted by Gasteiger charge is 2.21. The van der Waals surface area contributed by atoms with Crippen LogP contribution in [0.25, 0.3) is 33.5 Å². The lowest BCUT2D eigenvalue weighted by Crippen LogP contribution is -2.30. The summed E-state index contributed by atoms with van der Waals surface area (Å²) in [5.41, 5.74) is 3.98. The van der Waals surface area contributed by atoms with Gasteiger partial charge >= 0.3 is 0 Å². The van der Waals surface area contributed by atoms with Crippen LogP contribution in [0.5, 0.6) is 11.5 Å². The highest BCUT2D eigenvalue weighted by atomic mass is 16.5. The summed E-state index contributed by atoms with van der Waals surface area (Å²) in [4.78, 5) is 22.7. The summed E-state index contributed by atoms with van der Waals surface area (Å²) in [7, 11) is 3.74. The van der Waals surface area contributed by atoms with Gasteiger partial charge in [0.15, 0.2) is 17.6 Å². The predicted octanol–water partition coefficient (Wildman–Crippen LogP) is 4.64. The maximum absolute atomic E-state index is 13.0. The van der Waals surface area contributed by atoms with Crippen LogP contribution in [0, 0.1) is 6.92 Å². The zero-order chi connectivity index (χ0) is 22.9. The number of aryl methyl sites for hydroxylation is 1. The minimum Gasteiger partial charge on any atom is -0.496 e. The highest BCUT2D eigenvalue weighted by molar-refractivity contribution is 5.88. The van der Waals surface area contributed by atoms with Crippen molar-refractivity contribution in [2.45, 2.75) is 25.8 Å². The predicted molar refractivity (Wildman–Crippen MR) is 128 cm³/mol. The molecule has 1 aliphatic rings. The van der Waals surface area contributed by atoms with Gasteiger partial charge in [0.25, 0.3) is 0 Å². The standard InChI is InChI=1S/C26H27N3O4/c1-16-6-7-17(9-24(16)32-14-18-5-4-8-29(18)2)21-11-23(30)19-10-20(26-13-27-15-33-26)25(31-3)12-22(19)28-21/h6-7,9-13,15,18H,4-5,8,14H2,1-3H3,(H,28,30). The number of oxazole rings is 1. The molecule has 7 nitrogen and oxygen atoms in total. The zero-order valence-electron chi connectivity index (χ0n) is 19.1. The number of fused-ring (bicyclic) bond motifs is 1. The molecule has 1 saturated heterocycles. The number of aromatic amines is 1. The lowest BCUT2D eigenvalue weighted by Gasteiger charge is -2.20. The van der Waals surface area contributed by atoms with E-state index in [0.29, 0.717) is 40.6 Å². The average molecular weight is 446 g/mol. The number of aromatic nitrogens is 2. The number of likely N-dealkylation sites (N-methyl/N-ethyl adjacent to an activating group) is 1. The second-order valence-electron chi connectivity index (χ2n) is 8.58. The van der Waals surface area contributed by atoms with Crippen LogP contribution in [-0.2, 0) is 0 Å². The zero-order valence-corrected chi connectivity index (χ0v) is 19.1. The summed E-state index contributed by atoms with van der Waals surface area (Å²) in [5, 5.41) is 0.554. The quantitative estimate of drug-likeness (QED) is 0.466.